The molecule has 0 aromatic heterocycles. The van der Waals surface area contributed by atoms with Crippen LogP contribution in [0.15, 0.2) is 72.0 Å². The number of aliphatic hydroxyl groups is 1. The molecule has 0 saturated heterocycles. The second-order valence-electron chi connectivity index (χ2n) is 7.53. The summed E-state index contributed by atoms with van der Waals surface area (Å²) in [5, 5.41) is 10.6. The zero-order valence-electron chi connectivity index (χ0n) is 17.8. The summed E-state index contributed by atoms with van der Waals surface area (Å²) in [5.74, 6) is -2.09. The molecule has 0 spiro atoms. The highest BCUT2D eigenvalue weighted by Crippen LogP contribution is 2.37. The van der Waals surface area contributed by atoms with Crippen LogP contribution in [0, 0.1) is 5.82 Å². The summed E-state index contributed by atoms with van der Waals surface area (Å²) in [6, 6.07) is 14.3. The fourth-order valence-electron chi connectivity index (χ4n) is 3.87. The van der Waals surface area contributed by atoms with Gasteiger partial charge in [0.25, 0.3) is 5.91 Å². The van der Waals surface area contributed by atoms with E-state index in [1.54, 1.807) is 18.2 Å². The fourth-order valence-corrected chi connectivity index (χ4v) is 3.87. The van der Waals surface area contributed by atoms with Crippen LogP contribution in [0.3, 0.4) is 0 Å². The highest BCUT2D eigenvalue weighted by atomic mass is 19.1. The molecule has 2 N–H and O–H groups in total. The highest BCUT2D eigenvalue weighted by Gasteiger charge is 2.43. The van der Waals surface area contributed by atoms with E-state index in [0.29, 0.717) is 18.7 Å². The minimum Gasteiger partial charge on any atom is -0.503 e. The van der Waals surface area contributed by atoms with E-state index < -0.39 is 29.3 Å². The number of benzene rings is 2. The summed E-state index contributed by atoms with van der Waals surface area (Å²) in [6.07, 6.45) is 2.98. The summed E-state index contributed by atoms with van der Waals surface area (Å²) in [4.78, 5) is 28.7. The second kappa shape index (κ2) is 10.2. The third kappa shape index (κ3) is 5.09. The molecular weight excluding hydrogens is 395 g/mol. The molecule has 0 fully saturated rings. The third-order valence-corrected chi connectivity index (χ3v) is 5.67. The van der Waals surface area contributed by atoms with E-state index in [-0.39, 0.29) is 5.57 Å². The van der Waals surface area contributed by atoms with Crippen molar-refractivity contribution in [3.8, 4) is 0 Å². The van der Waals surface area contributed by atoms with Crippen molar-refractivity contribution in [1.29, 1.82) is 0 Å². The van der Waals surface area contributed by atoms with Crippen LogP contribution in [-0.2, 0) is 9.59 Å². The Labute approximate surface area is 182 Å². The van der Waals surface area contributed by atoms with Gasteiger partial charge < -0.3 is 14.9 Å². The van der Waals surface area contributed by atoms with Crippen molar-refractivity contribution < 1.29 is 24.0 Å². The quantitative estimate of drug-likeness (QED) is 0.610. The molecule has 1 amide bonds. The van der Waals surface area contributed by atoms with Gasteiger partial charge in [0.1, 0.15) is 5.82 Å². The van der Waals surface area contributed by atoms with E-state index in [9.17, 15) is 19.1 Å². The Bertz CT molecular complexity index is 997. The topological polar surface area (TPSA) is 62.1 Å². The second-order valence-corrected chi connectivity index (χ2v) is 7.53. The summed E-state index contributed by atoms with van der Waals surface area (Å²) < 4.78 is 14.0. The number of quaternary nitrogens is 1. The summed E-state index contributed by atoms with van der Waals surface area (Å²) in [5.41, 5.74) is 1.27. The summed E-state index contributed by atoms with van der Waals surface area (Å²) >= 11 is 0. The SMILES string of the molecule is CC[NH+](CC)CCN1C(=O)C(O)=C(C(=O)/C=C/c2ccccc2)[C@@H]1c1cccc(F)c1. The molecule has 2 aromatic carbocycles. The maximum Gasteiger partial charge on any atom is 0.290 e. The molecule has 0 radical (unpaired) electrons. The van der Waals surface area contributed by atoms with Gasteiger partial charge in [-0.1, -0.05) is 48.5 Å². The number of likely N-dealkylation sites (N-methyl/N-ethyl adjacent to an activating group) is 1. The van der Waals surface area contributed by atoms with Crippen LogP contribution >= 0.6 is 0 Å². The molecule has 162 valence electrons. The van der Waals surface area contributed by atoms with Gasteiger partial charge in [0.15, 0.2) is 11.5 Å². The number of halogens is 1. The van der Waals surface area contributed by atoms with E-state index in [1.165, 1.54) is 28.0 Å². The smallest absolute Gasteiger partial charge is 0.290 e. The van der Waals surface area contributed by atoms with Gasteiger partial charge in [-0.15, -0.1) is 0 Å². The zero-order chi connectivity index (χ0) is 22.4. The average Bonchev–Trinajstić information content (AvgIpc) is 3.04. The van der Waals surface area contributed by atoms with E-state index in [0.717, 1.165) is 18.7 Å². The van der Waals surface area contributed by atoms with Gasteiger partial charge >= 0.3 is 0 Å². The van der Waals surface area contributed by atoms with Crippen molar-refractivity contribution in [2.45, 2.75) is 19.9 Å². The van der Waals surface area contributed by atoms with Gasteiger partial charge in [-0.2, -0.15) is 0 Å². The largest absolute Gasteiger partial charge is 0.503 e. The Morgan fingerprint density at radius 1 is 1.13 bits per heavy atom. The first-order valence-corrected chi connectivity index (χ1v) is 10.6. The van der Waals surface area contributed by atoms with Crippen molar-refractivity contribution >= 4 is 17.8 Å². The minimum atomic E-state index is -0.828. The number of carbonyl (C=O) groups is 2. The molecule has 0 aliphatic carbocycles. The molecule has 0 saturated carbocycles. The van der Waals surface area contributed by atoms with Crippen LogP contribution in [-0.4, -0.2) is 47.9 Å². The number of allylic oxidation sites excluding steroid dienone is 1. The van der Waals surface area contributed by atoms with Crippen LogP contribution in [0.2, 0.25) is 0 Å². The van der Waals surface area contributed by atoms with Crippen molar-refractivity contribution in [3.05, 3.63) is 88.9 Å². The summed E-state index contributed by atoms with van der Waals surface area (Å²) in [7, 11) is 0. The predicted molar refractivity (Wildman–Crippen MR) is 118 cm³/mol. The maximum atomic E-state index is 14.0. The molecule has 3 rings (SSSR count). The predicted octanol–water partition coefficient (Wildman–Crippen LogP) is 2.73. The molecule has 31 heavy (non-hydrogen) atoms. The molecule has 5 nitrogen and oxygen atoms in total. The average molecular weight is 424 g/mol. The molecule has 1 heterocycles. The number of nitrogens with one attached hydrogen (secondary N) is 1. The molecule has 1 aliphatic rings. The minimum absolute atomic E-state index is 0.0164. The lowest BCUT2D eigenvalue weighted by atomic mass is 9.95. The number of carbonyl (C=O) groups excluding carboxylic acids is 2. The van der Waals surface area contributed by atoms with Gasteiger partial charge in [0.05, 0.1) is 37.8 Å². The number of amides is 1. The molecular formula is C25H28FN2O3+. The molecule has 0 bridgehead atoms. The lowest BCUT2D eigenvalue weighted by Crippen LogP contribution is -3.12. The standard InChI is InChI=1S/C25H27FN2O3/c1-3-27(4-2)15-16-28-23(19-11-8-12-20(26)17-19)22(24(30)25(28)31)21(29)14-13-18-9-6-5-7-10-18/h5-14,17,23,30H,3-4,15-16H2,1-2H3/p+1/b14-13+/t23-/m0/s1. The van der Waals surface area contributed by atoms with E-state index in [4.69, 9.17) is 0 Å². The van der Waals surface area contributed by atoms with Crippen LogP contribution in [0.25, 0.3) is 6.08 Å². The van der Waals surface area contributed by atoms with Gasteiger partial charge in [0, 0.05) is 0 Å². The van der Waals surface area contributed by atoms with Crippen LogP contribution in [0.1, 0.15) is 31.0 Å². The monoisotopic (exact) mass is 423 g/mol. The Balaban J connectivity index is 1.95. The van der Waals surface area contributed by atoms with Gasteiger partial charge in [0.2, 0.25) is 0 Å². The summed E-state index contributed by atoms with van der Waals surface area (Å²) in [6.45, 7) is 6.93. The van der Waals surface area contributed by atoms with Crippen molar-refractivity contribution in [2.75, 3.05) is 26.2 Å². The first-order valence-electron chi connectivity index (χ1n) is 10.6. The van der Waals surface area contributed by atoms with Crippen molar-refractivity contribution in [2.24, 2.45) is 0 Å². The molecule has 2 aromatic rings. The van der Waals surface area contributed by atoms with Crippen LogP contribution in [0.5, 0.6) is 0 Å². The number of aliphatic hydroxyl groups excluding tert-OH is 1. The Morgan fingerprint density at radius 3 is 2.48 bits per heavy atom. The van der Waals surface area contributed by atoms with Crippen LogP contribution in [0.4, 0.5) is 4.39 Å². The molecule has 0 unspecified atom stereocenters. The Hall–Kier alpha value is -3.25. The fraction of sp³-hybridized carbons (Fsp3) is 0.280. The zero-order valence-corrected chi connectivity index (χ0v) is 17.8. The lowest BCUT2D eigenvalue weighted by molar-refractivity contribution is -0.895. The van der Waals surface area contributed by atoms with Gasteiger partial charge in [-0.3, -0.25) is 9.59 Å². The highest BCUT2D eigenvalue weighted by molar-refractivity contribution is 6.14. The van der Waals surface area contributed by atoms with Crippen molar-refractivity contribution in [1.82, 2.24) is 4.90 Å². The molecule has 1 aliphatic heterocycles. The van der Waals surface area contributed by atoms with E-state index in [1.807, 2.05) is 30.3 Å². The Morgan fingerprint density at radius 2 is 1.84 bits per heavy atom. The first kappa shape index (κ1) is 22.4. The number of rotatable bonds is 9. The Kier molecular flexibility index (Phi) is 7.36. The van der Waals surface area contributed by atoms with E-state index in [2.05, 4.69) is 13.8 Å². The van der Waals surface area contributed by atoms with Gasteiger partial charge in [-0.25, -0.2) is 4.39 Å². The third-order valence-electron chi connectivity index (χ3n) is 5.67. The van der Waals surface area contributed by atoms with Gasteiger partial charge in [-0.05, 0) is 43.2 Å². The molecule has 6 heteroatoms. The lowest BCUT2D eigenvalue weighted by Gasteiger charge is -2.28. The number of hydrogen-bond donors (Lipinski definition) is 2. The maximum absolute atomic E-state index is 14.0. The normalized spacial score (nSPS) is 16.7. The first-order chi connectivity index (χ1) is 15.0. The molecule has 1 atom stereocenters. The van der Waals surface area contributed by atoms with Crippen LogP contribution < -0.4 is 4.90 Å². The van der Waals surface area contributed by atoms with E-state index >= 15 is 0 Å². The number of ketones is 1. The number of hydrogen-bond acceptors (Lipinski definition) is 3. The number of nitrogens with zero attached hydrogens (tertiary/aromatic N) is 1. The van der Waals surface area contributed by atoms with Crippen molar-refractivity contribution in [3.63, 3.8) is 0 Å².